The van der Waals surface area contributed by atoms with Crippen molar-refractivity contribution >= 4 is 39.0 Å². The van der Waals surface area contributed by atoms with Crippen molar-refractivity contribution in [1.29, 1.82) is 0 Å². The van der Waals surface area contributed by atoms with Gasteiger partial charge in [0.2, 0.25) is 0 Å². The van der Waals surface area contributed by atoms with E-state index in [9.17, 15) is 5.11 Å². The maximum Gasteiger partial charge on any atom is 0.178 e. The van der Waals surface area contributed by atoms with Crippen molar-refractivity contribution in [2.24, 2.45) is 0 Å². The van der Waals surface area contributed by atoms with Gasteiger partial charge in [-0.1, -0.05) is 45.1 Å². The third kappa shape index (κ3) is 2.82. The fourth-order valence-corrected chi connectivity index (χ4v) is 3.57. The number of halogens is 1. The van der Waals surface area contributed by atoms with Crippen molar-refractivity contribution in [3.8, 4) is 0 Å². The van der Waals surface area contributed by atoms with Gasteiger partial charge in [-0.2, -0.15) is 0 Å². The van der Waals surface area contributed by atoms with E-state index >= 15 is 0 Å². The van der Waals surface area contributed by atoms with Gasteiger partial charge in [0.05, 0.1) is 6.10 Å². The lowest BCUT2D eigenvalue weighted by atomic mass is 10.1. The number of rotatable bonds is 3. The molecule has 16 heavy (non-hydrogen) atoms. The number of benzene rings is 1. The molecule has 0 aliphatic heterocycles. The number of aliphatic hydroxyl groups excluding tert-OH is 1. The topological polar surface area (TPSA) is 46.0 Å². The molecule has 0 bridgehead atoms. The Hall–Kier alpha value is -0.430. The molecule has 2 aromatic rings. The lowest BCUT2D eigenvalue weighted by Crippen LogP contribution is -1.92. The van der Waals surface area contributed by atoms with Crippen molar-refractivity contribution in [1.82, 2.24) is 10.2 Å². The van der Waals surface area contributed by atoms with Crippen molar-refractivity contribution < 1.29 is 5.11 Å². The fourth-order valence-electron chi connectivity index (χ4n) is 1.22. The summed E-state index contributed by atoms with van der Waals surface area (Å²) >= 11 is 6.52. The van der Waals surface area contributed by atoms with E-state index in [2.05, 4.69) is 26.1 Å². The van der Waals surface area contributed by atoms with Crippen LogP contribution in [-0.2, 0) is 0 Å². The number of nitrogens with zero attached hydrogens (tertiary/aromatic N) is 2. The lowest BCUT2D eigenvalue weighted by molar-refractivity contribution is 0.198. The first-order chi connectivity index (χ1) is 7.66. The van der Waals surface area contributed by atoms with Crippen LogP contribution in [0, 0.1) is 0 Å². The number of hydrogen-bond donors (Lipinski definition) is 1. The molecule has 0 aliphatic rings. The Balaban J connectivity index is 2.21. The fraction of sp³-hybridized carbons (Fsp3) is 0.200. The summed E-state index contributed by atoms with van der Waals surface area (Å²) in [5, 5.41) is 17.2. The maximum atomic E-state index is 9.50. The van der Waals surface area contributed by atoms with Crippen LogP contribution in [0.4, 0.5) is 0 Å². The molecule has 1 atom stereocenters. The molecule has 0 saturated heterocycles. The van der Waals surface area contributed by atoms with Crippen molar-refractivity contribution in [2.75, 3.05) is 0 Å². The average Bonchev–Trinajstić information content (AvgIpc) is 2.70. The third-order valence-corrected chi connectivity index (χ3v) is 4.42. The first kappa shape index (κ1) is 12.0. The molecule has 1 unspecified atom stereocenters. The Labute approximate surface area is 110 Å². The highest BCUT2D eigenvalue weighted by Gasteiger charge is 2.08. The zero-order chi connectivity index (χ0) is 11.5. The van der Waals surface area contributed by atoms with Crippen molar-refractivity contribution in [3.05, 3.63) is 33.7 Å². The monoisotopic (exact) mass is 316 g/mol. The van der Waals surface area contributed by atoms with E-state index in [0.717, 1.165) is 19.3 Å². The van der Waals surface area contributed by atoms with Gasteiger partial charge in [-0.25, -0.2) is 0 Å². The van der Waals surface area contributed by atoms with Gasteiger partial charge in [0.15, 0.2) is 4.34 Å². The smallest absolute Gasteiger partial charge is 0.178 e. The molecule has 1 aromatic heterocycles. The zero-order valence-electron chi connectivity index (χ0n) is 8.42. The molecule has 1 heterocycles. The minimum atomic E-state index is -0.463. The van der Waals surface area contributed by atoms with Gasteiger partial charge < -0.3 is 5.11 Å². The van der Waals surface area contributed by atoms with Crippen LogP contribution >= 0.6 is 39.0 Å². The van der Waals surface area contributed by atoms with E-state index in [1.807, 2.05) is 18.2 Å². The predicted octanol–water partition coefficient (Wildman–Crippen LogP) is 3.51. The maximum absolute atomic E-state index is 9.50. The van der Waals surface area contributed by atoms with Crippen LogP contribution in [0.15, 0.2) is 37.4 Å². The summed E-state index contributed by atoms with van der Waals surface area (Å²) in [6.07, 6.45) is -0.463. The quantitative estimate of drug-likeness (QED) is 0.941. The standard InChI is InChI=1S/C10H9BrN2OS2/c1-6(14)8-3-2-7(4-9(8)11)16-10-13-12-5-15-10/h2-6,14H,1H3. The second kappa shape index (κ2) is 5.27. The molecule has 0 aliphatic carbocycles. The third-order valence-electron chi connectivity index (χ3n) is 1.97. The second-order valence-electron chi connectivity index (χ2n) is 3.17. The Morgan fingerprint density at radius 3 is 2.88 bits per heavy atom. The largest absolute Gasteiger partial charge is 0.389 e. The van der Waals surface area contributed by atoms with E-state index in [0.29, 0.717) is 0 Å². The minimum absolute atomic E-state index is 0.463. The van der Waals surface area contributed by atoms with Gasteiger partial charge in [0.1, 0.15) is 5.51 Å². The van der Waals surface area contributed by atoms with Crippen molar-refractivity contribution in [2.45, 2.75) is 22.3 Å². The summed E-state index contributed by atoms with van der Waals surface area (Å²) in [7, 11) is 0. The van der Waals surface area contributed by atoms with Crippen molar-refractivity contribution in [3.63, 3.8) is 0 Å². The van der Waals surface area contributed by atoms with E-state index in [-0.39, 0.29) is 0 Å². The summed E-state index contributed by atoms with van der Waals surface area (Å²) < 4.78 is 1.83. The molecule has 1 N–H and O–H groups in total. The van der Waals surface area contributed by atoms with Gasteiger partial charge >= 0.3 is 0 Å². The van der Waals surface area contributed by atoms with Crippen LogP contribution in [0.2, 0.25) is 0 Å². The van der Waals surface area contributed by atoms with Crippen LogP contribution in [-0.4, -0.2) is 15.3 Å². The molecule has 0 saturated carbocycles. The minimum Gasteiger partial charge on any atom is -0.389 e. The van der Waals surface area contributed by atoms with E-state index < -0.39 is 6.10 Å². The first-order valence-corrected chi connectivity index (χ1v) is 7.07. The summed E-state index contributed by atoms with van der Waals surface area (Å²) in [6.45, 7) is 1.75. The normalized spacial score (nSPS) is 12.7. The molecule has 0 amide bonds. The van der Waals surface area contributed by atoms with E-state index in [1.165, 1.54) is 11.3 Å². The highest BCUT2D eigenvalue weighted by atomic mass is 79.9. The SMILES string of the molecule is CC(O)c1ccc(Sc2nncs2)cc1Br. The Morgan fingerprint density at radius 2 is 2.31 bits per heavy atom. The molecule has 2 rings (SSSR count). The Kier molecular flexibility index (Phi) is 3.96. The summed E-state index contributed by atoms with van der Waals surface area (Å²) in [5.74, 6) is 0. The molecule has 6 heteroatoms. The van der Waals surface area contributed by atoms with E-state index in [1.54, 1.807) is 24.2 Å². The molecular weight excluding hydrogens is 308 g/mol. The molecule has 3 nitrogen and oxygen atoms in total. The summed E-state index contributed by atoms with van der Waals surface area (Å²) in [6, 6.07) is 5.87. The highest BCUT2D eigenvalue weighted by Crippen LogP contribution is 2.33. The van der Waals surface area contributed by atoms with Crippen LogP contribution < -0.4 is 0 Å². The van der Waals surface area contributed by atoms with E-state index in [4.69, 9.17) is 0 Å². The average molecular weight is 317 g/mol. The highest BCUT2D eigenvalue weighted by molar-refractivity contribution is 9.10. The number of hydrogen-bond acceptors (Lipinski definition) is 5. The van der Waals surface area contributed by atoms with Crippen LogP contribution in [0.25, 0.3) is 0 Å². The van der Waals surface area contributed by atoms with Crippen LogP contribution in [0.3, 0.4) is 0 Å². The molecule has 0 spiro atoms. The van der Waals surface area contributed by atoms with Crippen LogP contribution in [0.5, 0.6) is 0 Å². The molecule has 1 aromatic carbocycles. The van der Waals surface area contributed by atoms with Gasteiger partial charge in [-0.05, 0) is 24.6 Å². The molecule has 0 fully saturated rings. The second-order valence-corrected chi connectivity index (χ2v) is 6.17. The Bertz CT molecular complexity index is 474. The zero-order valence-corrected chi connectivity index (χ0v) is 11.6. The van der Waals surface area contributed by atoms with Gasteiger partial charge in [-0.3, -0.25) is 0 Å². The Morgan fingerprint density at radius 1 is 1.50 bits per heavy atom. The number of aromatic nitrogens is 2. The van der Waals surface area contributed by atoms with Gasteiger partial charge in [-0.15, -0.1) is 10.2 Å². The molecular formula is C10H9BrN2OS2. The van der Waals surface area contributed by atoms with Gasteiger partial charge in [0.25, 0.3) is 0 Å². The van der Waals surface area contributed by atoms with Crippen LogP contribution in [0.1, 0.15) is 18.6 Å². The predicted molar refractivity (Wildman–Crippen MR) is 68.8 cm³/mol. The molecule has 0 radical (unpaired) electrons. The molecule has 84 valence electrons. The summed E-state index contributed by atoms with van der Waals surface area (Å²) in [5.41, 5.74) is 2.60. The first-order valence-electron chi connectivity index (χ1n) is 4.58. The van der Waals surface area contributed by atoms with Gasteiger partial charge in [0, 0.05) is 9.37 Å². The number of aliphatic hydroxyl groups is 1. The summed E-state index contributed by atoms with van der Waals surface area (Å²) in [4.78, 5) is 1.08. The lowest BCUT2D eigenvalue weighted by Gasteiger charge is -2.08.